The maximum absolute atomic E-state index is 11.8. The van der Waals surface area contributed by atoms with Crippen LogP contribution in [0.5, 0.6) is 0 Å². The molecule has 0 spiro atoms. The molecule has 0 aliphatic heterocycles. The number of aliphatic hydroxyl groups is 3. The van der Waals surface area contributed by atoms with Gasteiger partial charge in [-0.05, 0) is 19.1 Å². The quantitative estimate of drug-likeness (QED) is 0.345. The molecule has 0 bridgehead atoms. The fourth-order valence-corrected chi connectivity index (χ4v) is 2.56. The summed E-state index contributed by atoms with van der Waals surface area (Å²) >= 11 is 0. The highest BCUT2D eigenvalue weighted by molar-refractivity contribution is 8.38. The fourth-order valence-electron chi connectivity index (χ4n) is 1.47. The van der Waals surface area contributed by atoms with E-state index in [1.54, 1.807) is 6.92 Å². The smallest absolute Gasteiger partial charge is 0.319 e. The SMILES string of the molecule is Cc1ccc(S(O)(O)C(=O)C(=O)C(=O)[C@H](O)[C@H](O)CO)cc1. The number of ketones is 2. The molecule has 0 aliphatic carbocycles. The number of benzene rings is 1. The van der Waals surface area contributed by atoms with Crippen LogP contribution in [-0.4, -0.2) is 59.9 Å². The Balaban J connectivity index is 3.00. The topological polar surface area (TPSA) is 152 Å². The first-order chi connectivity index (χ1) is 10.1. The van der Waals surface area contributed by atoms with Gasteiger partial charge in [-0.1, -0.05) is 17.7 Å². The Labute approximate surface area is 127 Å². The summed E-state index contributed by atoms with van der Waals surface area (Å²) in [5, 5.41) is 25.2. The standard InChI is InChI=1S/C13H16O8S/c1-7-2-4-8(5-3-7)22(20,21)13(19)12(18)11(17)10(16)9(15)6-14/h2-5,9-10,14-16,20-21H,6H2,1H3/t9-,10-/m1/s1. The minimum absolute atomic E-state index is 0.249. The van der Waals surface area contributed by atoms with Gasteiger partial charge in [0.2, 0.25) is 5.78 Å². The fraction of sp³-hybridized carbons (Fsp3) is 0.308. The van der Waals surface area contributed by atoms with Crippen LogP contribution in [0.1, 0.15) is 5.56 Å². The summed E-state index contributed by atoms with van der Waals surface area (Å²) in [6.45, 7) is 0.710. The molecule has 0 saturated heterocycles. The van der Waals surface area contributed by atoms with Gasteiger partial charge in [-0.25, -0.2) is 0 Å². The van der Waals surface area contributed by atoms with Gasteiger partial charge in [0.15, 0.2) is 0 Å². The van der Waals surface area contributed by atoms with Gasteiger partial charge in [0.05, 0.1) is 11.5 Å². The highest BCUT2D eigenvalue weighted by Gasteiger charge is 2.40. The van der Waals surface area contributed by atoms with Crippen molar-refractivity contribution in [1.29, 1.82) is 0 Å². The van der Waals surface area contributed by atoms with Gasteiger partial charge in [0.25, 0.3) is 5.78 Å². The van der Waals surface area contributed by atoms with Crippen molar-refractivity contribution in [2.45, 2.75) is 24.0 Å². The molecule has 0 heterocycles. The predicted octanol–water partition coefficient (Wildman–Crippen LogP) is -0.517. The van der Waals surface area contributed by atoms with E-state index in [9.17, 15) is 28.6 Å². The Morgan fingerprint density at radius 1 is 1.09 bits per heavy atom. The number of aliphatic hydroxyl groups excluding tert-OH is 3. The molecule has 1 rings (SSSR count). The Morgan fingerprint density at radius 3 is 2.05 bits per heavy atom. The van der Waals surface area contributed by atoms with E-state index in [0.717, 1.165) is 5.56 Å². The molecule has 1 aromatic rings. The third kappa shape index (κ3) is 3.77. The zero-order valence-corrected chi connectivity index (χ0v) is 12.4. The summed E-state index contributed by atoms with van der Waals surface area (Å²) in [6, 6.07) is 5.40. The lowest BCUT2D eigenvalue weighted by Crippen LogP contribution is -2.43. The molecule has 9 heteroatoms. The number of rotatable bonds is 6. The largest absolute Gasteiger partial charge is 0.394 e. The van der Waals surface area contributed by atoms with E-state index in [1.165, 1.54) is 24.3 Å². The van der Waals surface area contributed by atoms with Gasteiger partial charge in [-0.15, -0.1) is 10.6 Å². The summed E-state index contributed by atoms with van der Waals surface area (Å²) in [7, 11) is -4.23. The van der Waals surface area contributed by atoms with Crippen LogP contribution >= 0.6 is 10.6 Å². The third-order valence-corrected chi connectivity index (χ3v) is 4.47. The molecule has 0 radical (unpaired) electrons. The van der Waals surface area contributed by atoms with E-state index in [4.69, 9.17) is 10.2 Å². The molecular weight excluding hydrogens is 316 g/mol. The monoisotopic (exact) mass is 332 g/mol. The van der Waals surface area contributed by atoms with Crippen molar-refractivity contribution in [3.63, 3.8) is 0 Å². The second kappa shape index (κ2) is 7.09. The Morgan fingerprint density at radius 2 is 1.59 bits per heavy atom. The minimum Gasteiger partial charge on any atom is -0.394 e. The first-order valence-electron chi connectivity index (χ1n) is 6.07. The molecule has 0 amide bonds. The predicted molar refractivity (Wildman–Crippen MR) is 76.4 cm³/mol. The van der Waals surface area contributed by atoms with Crippen LogP contribution in [-0.2, 0) is 14.4 Å². The van der Waals surface area contributed by atoms with E-state index in [0.29, 0.717) is 0 Å². The van der Waals surface area contributed by atoms with Gasteiger partial charge in [-0.3, -0.25) is 23.5 Å². The molecule has 8 nitrogen and oxygen atoms in total. The van der Waals surface area contributed by atoms with Crippen molar-refractivity contribution in [3.05, 3.63) is 29.8 Å². The molecule has 122 valence electrons. The number of carbonyl (C=O) groups excluding carboxylic acids is 3. The third-order valence-electron chi connectivity index (χ3n) is 2.84. The number of carbonyl (C=O) groups is 3. The van der Waals surface area contributed by atoms with Crippen molar-refractivity contribution >= 4 is 27.3 Å². The first kappa shape index (κ1) is 18.4. The molecule has 1 aromatic carbocycles. The van der Waals surface area contributed by atoms with E-state index in [-0.39, 0.29) is 4.90 Å². The summed E-state index contributed by atoms with van der Waals surface area (Å²) in [5.74, 6) is -3.58. The first-order valence-corrected chi connectivity index (χ1v) is 7.62. The Bertz CT molecular complexity index is 580. The molecule has 2 atom stereocenters. The maximum atomic E-state index is 11.8. The number of Topliss-reactive ketones (excluding diaryl/α,β-unsaturated/α-hetero) is 2. The van der Waals surface area contributed by atoms with Crippen molar-refractivity contribution in [3.8, 4) is 0 Å². The van der Waals surface area contributed by atoms with Crippen molar-refractivity contribution in [2.75, 3.05) is 6.61 Å². The second-order valence-electron chi connectivity index (χ2n) is 4.54. The highest BCUT2D eigenvalue weighted by Crippen LogP contribution is 2.49. The van der Waals surface area contributed by atoms with Crippen LogP contribution in [0.3, 0.4) is 0 Å². The molecule has 22 heavy (non-hydrogen) atoms. The van der Waals surface area contributed by atoms with Gasteiger partial charge < -0.3 is 15.3 Å². The second-order valence-corrected chi connectivity index (χ2v) is 6.48. The molecule has 0 unspecified atom stereocenters. The van der Waals surface area contributed by atoms with Gasteiger partial charge in [0, 0.05) is 0 Å². The number of aryl methyl sites for hydroxylation is 1. The molecule has 0 aliphatic rings. The summed E-state index contributed by atoms with van der Waals surface area (Å²) in [6.07, 6.45) is -4.28. The Kier molecular flexibility index (Phi) is 5.94. The Hall–Kier alpha value is -1.62. The van der Waals surface area contributed by atoms with Crippen molar-refractivity contribution in [2.24, 2.45) is 0 Å². The van der Waals surface area contributed by atoms with E-state index in [2.05, 4.69) is 0 Å². The molecule has 0 aromatic heterocycles. The van der Waals surface area contributed by atoms with E-state index < -0.39 is 46.1 Å². The zero-order chi connectivity index (χ0) is 17.1. The average Bonchev–Trinajstić information content (AvgIpc) is 2.51. The molecular formula is C13H16O8S. The highest BCUT2D eigenvalue weighted by atomic mass is 32.3. The molecule has 5 N–H and O–H groups in total. The summed E-state index contributed by atoms with van der Waals surface area (Å²) in [5.41, 5.74) is 0.773. The number of hydrogen-bond donors (Lipinski definition) is 5. The van der Waals surface area contributed by atoms with Crippen LogP contribution in [0, 0.1) is 6.92 Å². The number of hydrogen-bond acceptors (Lipinski definition) is 8. The lowest BCUT2D eigenvalue weighted by Gasteiger charge is -2.29. The van der Waals surface area contributed by atoms with Crippen LogP contribution in [0.15, 0.2) is 29.2 Å². The van der Waals surface area contributed by atoms with Crippen molar-refractivity contribution in [1.82, 2.24) is 0 Å². The normalized spacial score (nSPS) is 15.0. The van der Waals surface area contributed by atoms with Gasteiger partial charge in [-0.2, -0.15) is 0 Å². The van der Waals surface area contributed by atoms with E-state index in [1.807, 2.05) is 0 Å². The van der Waals surface area contributed by atoms with Crippen molar-refractivity contribution < 1.29 is 38.8 Å². The zero-order valence-electron chi connectivity index (χ0n) is 11.5. The van der Waals surface area contributed by atoms with Gasteiger partial charge >= 0.3 is 5.12 Å². The maximum Gasteiger partial charge on any atom is 0.319 e. The lowest BCUT2D eigenvalue weighted by atomic mass is 10.1. The minimum atomic E-state index is -4.23. The van der Waals surface area contributed by atoms with Gasteiger partial charge in [0.1, 0.15) is 12.2 Å². The van der Waals surface area contributed by atoms with Crippen LogP contribution in [0.2, 0.25) is 0 Å². The van der Waals surface area contributed by atoms with Crippen LogP contribution in [0.4, 0.5) is 0 Å². The average molecular weight is 332 g/mol. The molecule has 0 saturated carbocycles. The summed E-state index contributed by atoms with van der Waals surface area (Å²) < 4.78 is 19.7. The lowest BCUT2D eigenvalue weighted by molar-refractivity contribution is -0.149. The summed E-state index contributed by atoms with van der Waals surface area (Å²) in [4.78, 5) is 34.7. The molecule has 0 fully saturated rings. The van der Waals surface area contributed by atoms with Crippen LogP contribution < -0.4 is 0 Å². The van der Waals surface area contributed by atoms with Crippen LogP contribution in [0.25, 0.3) is 0 Å². The van der Waals surface area contributed by atoms with E-state index >= 15 is 0 Å².